The molecule has 1 aliphatic heterocycles. The smallest absolute Gasteiger partial charge is 0.215 e. The van der Waals surface area contributed by atoms with Gasteiger partial charge in [0.2, 0.25) is 10.0 Å². The highest BCUT2D eigenvalue weighted by atomic mass is 32.2. The number of benzene rings is 1. The van der Waals surface area contributed by atoms with Crippen molar-refractivity contribution in [2.75, 3.05) is 40.3 Å². The van der Waals surface area contributed by atoms with E-state index < -0.39 is 10.0 Å². The van der Waals surface area contributed by atoms with Crippen LogP contribution >= 0.6 is 0 Å². The van der Waals surface area contributed by atoms with E-state index in [0.29, 0.717) is 6.54 Å². The summed E-state index contributed by atoms with van der Waals surface area (Å²) in [4.78, 5) is 6.74. The van der Waals surface area contributed by atoms with Crippen LogP contribution in [0.5, 0.6) is 0 Å². The van der Waals surface area contributed by atoms with E-state index in [1.54, 1.807) is 7.05 Å². The number of likely N-dealkylation sites (tertiary alicyclic amines) is 1. The molecule has 0 bridgehead atoms. The molecule has 0 saturated carbocycles. The molecule has 0 radical (unpaired) electrons. The molecule has 1 aromatic rings. The summed E-state index contributed by atoms with van der Waals surface area (Å²) in [6.07, 6.45) is 3.96. The van der Waals surface area contributed by atoms with Gasteiger partial charge in [-0.15, -0.1) is 0 Å². The Bertz CT molecular complexity index is 667. The zero-order valence-electron chi connectivity index (χ0n) is 15.8. The molecule has 8 heteroatoms. The number of sulfonamides is 1. The summed E-state index contributed by atoms with van der Waals surface area (Å²) in [6.45, 7) is 4.95. The van der Waals surface area contributed by atoms with Crippen LogP contribution in [0, 0.1) is 0 Å². The molecule has 1 aromatic carbocycles. The maximum Gasteiger partial charge on any atom is 0.215 e. The van der Waals surface area contributed by atoms with E-state index in [-0.39, 0.29) is 5.75 Å². The molecule has 1 saturated heterocycles. The van der Waals surface area contributed by atoms with E-state index in [2.05, 4.69) is 25.2 Å². The summed E-state index contributed by atoms with van der Waals surface area (Å²) in [5.74, 6) is 0.778. The predicted molar refractivity (Wildman–Crippen MR) is 107 cm³/mol. The molecule has 26 heavy (non-hydrogen) atoms. The van der Waals surface area contributed by atoms with E-state index in [9.17, 15) is 8.42 Å². The van der Waals surface area contributed by atoms with Gasteiger partial charge < -0.3 is 15.5 Å². The lowest BCUT2D eigenvalue weighted by Gasteiger charge is -2.26. The minimum Gasteiger partial charge on any atom is -0.355 e. The molecule has 1 fully saturated rings. The van der Waals surface area contributed by atoms with Crippen LogP contribution in [0.15, 0.2) is 29.3 Å². The third-order valence-electron chi connectivity index (χ3n) is 4.54. The number of rotatable bonds is 8. The van der Waals surface area contributed by atoms with Crippen molar-refractivity contribution in [3.05, 3.63) is 35.4 Å². The highest BCUT2D eigenvalue weighted by Crippen LogP contribution is 2.08. The molecule has 146 valence electrons. The first-order valence-corrected chi connectivity index (χ1v) is 10.8. The van der Waals surface area contributed by atoms with Crippen molar-refractivity contribution in [3.8, 4) is 0 Å². The highest BCUT2D eigenvalue weighted by molar-refractivity contribution is 7.88. The van der Waals surface area contributed by atoms with Gasteiger partial charge in [-0.1, -0.05) is 30.7 Å². The lowest BCUT2D eigenvalue weighted by atomic mass is 10.1. The summed E-state index contributed by atoms with van der Waals surface area (Å²) in [6, 6.07) is 7.57. The van der Waals surface area contributed by atoms with Gasteiger partial charge >= 0.3 is 0 Å². The van der Waals surface area contributed by atoms with Gasteiger partial charge in [-0.25, -0.2) is 13.1 Å². The number of hydrogen-bond acceptors (Lipinski definition) is 4. The summed E-state index contributed by atoms with van der Waals surface area (Å²) in [5.41, 5.74) is 1.85. The quantitative estimate of drug-likeness (QED) is 0.460. The van der Waals surface area contributed by atoms with Gasteiger partial charge in [0, 0.05) is 26.7 Å². The Morgan fingerprint density at radius 2 is 1.73 bits per heavy atom. The van der Waals surface area contributed by atoms with Crippen molar-refractivity contribution in [1.82, 2.24) is 20.3 Å². The van der Waals surface area contributed by atoms with Gasteiger partial charge in [0.05, 0.1) is 5.75 Å². The van der Waals surface area contributed by atoms with Crippen molar-refractivity contribution in [2.45, 2.75) is 31.6 Å². The van der Waals surface area contributed by atoms with Gasteiger partial charge in [0.15, 0.2) is 5.96 Å². The third kappa shape index (κ3) is 7.31. The Morgan fingerprint density at radius 1 is 1.08 bits per heavy atom. The molecule has 0 aromatic heterocycles. The second-order valence-corrected chi connectivity index (χ2v) is 8.46. The van der Waals surface area contributed by atoms with Crippen LogP contribution in [-0.2, 0) is 22.3 Å². The molecule has 0 aliphatic carbocycles. The average Bonchev–Trinajstić information content (AvgIpc) is 2.66. The maximum atomic E-state index is 11.6. The van der Waals surface area contributed by atoms with Crippen LogP contribution < -0.4 is 15.4 Å². The number of aliphatic imine (C=N–C) groups is 1. The third-order valence-corrected chi connectivity index (χ3v) is 5.88. The summed E-state index contributed by atoms with van der Waals surface area (Å²) < 4.78 is 25.5. The number of nitrogens with zero attached hydrogens (tertiary/aromatic N) is 2. The molecule has 3 N–H and O–H groups in total. The minimum atomic E-state index is -3.23. The Labute approximate surface area is 157 Å². The Hall–Kier alpha value is -1.64. The van der Waals surface area contributed by atoms with Crippen LogP contribution in [0.4, 0.5) is 0 Å². The second kappa shape index (κ2) is 10.5. The van der Waals surface area contributed by atoms with Crippen molar-refractivity contribution < 1.29 is 8.42 Å². The van der Waals surface area contributed by atoms with E-state index in [1.807, 2.05) is 24.3 Å². The summed E-state index contributed by atoms with van der Waals surface area (Å²) >= 11 is 0. The SMILES string of the molecule is CN=C(NCCN1CCCCC1)NCc1ccc(CS(=O)(=O)NC)cc1. The van der Waals surface area contributed by atoms with Crippen LogP contribution in [0.25, 0.3) is 0 Å². The molecule has 1 aliphatic rings. The topological polar surface area (TPSA) is 85.8 Å². The second-order valence-electron chi connectivity index (χ2n) is 6.53. The molecule has 0 atom stereocenters. The molecule has 0 spiro atoms. The summed E-state index contributed by atoms with van der Waals surface area (Å²) in [5, 5.41) is 6.64. The largest absolute Gasteiger partial charge is 0.355 e. The number of nitrogens with one attached hydrogen (secondary N) is 3. The van der Waals surface area contributed by atoms with E-state index >= 15 is 0 Å². The number of piperidine rings is 1. The van der Waals surface area contributed by atoms with Crippen LogP contribution in [-0.4, -0.2) is 59.6 Å². The van der Waals surface area contributed by atoms with Crippen LogP contribution in [0.1, 0.15) is 30.4 Å². The molecular formula is C18H31N5O2S. The standard InChI is InChI=1S/C18H31N5O2S/c1-19-18(21-10-13-23-11-4-3-5-12-23)22-14-16-6-8-17(9-7-16)15-26(24,25)20-2/h6-9,20H,3-5,10-15H2,1-2H3,(H2,19,21,22). The zero-order valence-corrected chi connectivity index (χ0v) is 16.6. The van der Waals surface area contributed by atoms with Crippen molar-refractivity contribution in [1.29, 1.82) is 0 Å². The predicted octanol–water partition coefficient (Wildman–Crippen LogP) is 0.887. The van der Waals surface area contributed by atoms with Gasteiger partial charge in [0.1, 0.15) is 0 Å². The van der Waals surface area contributed by atoms with E-state index in [0.717, 1.165) is 30.2 Å². The molecule has 0 amide bonds. The van der Waals surface area contributed by atoms with Crippen LogP contribution in [0.3, 0.4) is 0 Å². The first kappa shape index (κ1) is 20.7. The minimum absolute atomic E-state index is 0.00304. The fourth-order valence-corrected chi connectivity index (χ4v) is 3.74. The van der Waals surface area contributed by atoms with E-state index in [1.165, 1.54) is 39.4 Å². The van der Waals surface area contributed by atoms with Crippen molar-refractivity contribution >= 4 is 16.0 Å². The first-order valence-electron chi connectivity index (χ1n) is 9.18. The fraction of sp³-hybridized carbons (Fsp3) is 0.611. The monoisotopic (exact) mass is 381 g/mol. The lowest BCUT2D eigenvalue weighted by molar-refractivity contribution is 0.232. The van der Waals surface area contributed by atoms with Crippen LogP contribution in [0.2, 0.25) is 0 Å². The normalized spacial score (nSPS) is 16.5. The zero-order chi connectivity index (χ0) is 18.8. The van der Waals surface area contributed by atoms with E-state index in [4.69, 9.17) is 0 Å². The fourth-order valence-electron chi connectivity index (χ4n) is 2.97. The van der Waals surface area contributed by atoms with Crippen molar-refractivity contribution in [2.24, 2.45) is 4.99 Å². The van der Waals surface area contributed by atoms with Gasteiger partial charge in [-0.3, -0.25) is 4.99 Å². The molecule has 7 nitrogen and oxygen atoms in total. The molecule has 0 unspecified atom stereocenters. The molecular weight excluding hydrogens is 350 g/mol. The van der Waals surface area contributed by atoms with Crippen molar-refractivity contribution in [3.63, 3.8) is 0 Å². The molecule has 1 heterocycles. The summed E-state index contributed by atoms with van der Waals surface area (Å²) in [7, 11) is -0.0396. The maximum absolute atomic E-state index is 11.6. The van der Waals surface area contributed by atoms with Gasteiger partial charge in [-0.2, -0.15) is 0 Å². The lowest BCUT2D eigenvalue weighted by Crippen LogP contribution is -2.42. The number of guanidine groups is 1. The first-order chi connectivity index (χ1) is 12.5. The number of hydrogen-bond donors (Lipinski definition) is 3. The Morgan fingerprint density at radius 3 is 2.35 bits per heavy atom. The van der Waals surface area contributed by atoms with Gasteiger partial charge in [0.25, 0.3) is 0 Å². The van der Waals surface area contributed by atoms with Gasteiger partial charge in [-0.05, 0) is 44.1 Å². The Kier molecular flexibility index (Phi) is 8.34. The molecule has 2 rings (SSSR count). The Balaban J connectivity index is 1.73. The highest BCUT2D eigenvalue weighted by Gasteiger charge is 2.10. The average molecular weight is 382 g/mol.